The SMILES string of the molecule is CC(=O)N1CCN(CCOc2ccc3c(C4C(=O)Nc5ccc(C#N)cc54)ncnc3c2)CC1.CS(C)=O.Cl. The number of piperazine rings is 1. The summed E-state index contributed by atoms with van der Waals surface area (Å²) in [5.41, 5.74) is 3.23. The Morgan fingerprint density at radius 3 is 2.54 bits per heavy atom. The third-order valence-corrected chi connectivity index (χ3v) is 6.42. The largest absolute Gasteiger partial charge is 0.492 e. The summed E-state index contributed by atoms with van der Waals surface area (Å²) < 4.78 is 15.5. The minimum absolute atomic E-state index is 0. The number of nitrogens with one attached hydrogen (secondary N) is 1. The van der Waals surface area contributed by atoms with Crippen molar-refractivity contribution < 1.29 is 18.5 Å². The van der Waals surface area contributed by atoms with Crippen LogP contribution in [0.25, 0.3) is 10.9 Å². The molecule has 0 radical (unpaired) electrons. The van der Waals surface area contributed by atoms with E-state index in [0.717, 1.165) is 43.7 Å². The Morgan fingerprint density at radius 2 is 1.87 bits per heavy atom. The first-order valence-corrected chi connectivity index (χ1v) is 14.2. The molecule has 1 unspecified atom stereocenters. The highest BCUT2D eigenvalue weighted by Gasteiger charge is 2.34. The number of rotatable bonds is 5. The zero-order chi connectivity index (χ0) is 27.2. The lowest BCUT2D eigenvalue weighted by Crippen LogP contribution is -2.48. The van der Waals surface area contributed by atoms with Crippen LogP contribution in [0.3, 0.4) is 0 Å². The topological polar surface area (TPSA) is 129 Å². The molecule has 0 saturated carbocycles. The van der Waals surface area contributed by atoms with E-state index in [1.54, 1.807) is 37.6 Å². The lowest BCUT2D eigenvalue weighted by atomic mass is 9.93. The van der Waals surface area contributed by atoms with Gasteiger partial charge < -0.3 is 15.0 Å². The van der Waals surface area contributed by atoms with Crippen molar-refractivity contribution in [1.29, 1.82) is 5.26 Å². The zero-order valence-corrected chi connectivity index (χ0v) is 23.7. The maximum absolute atomic E-state index is 12.8. The van der Waals surface area contributed by atoms with E-state index in [1.807, 2.05) is 23.1 Å². The maximum Gasteiger partial charge on any atom is 0.238 e. The van der Waals surface area contributed by atoms with Gasteiger partial charge in [0, 0.05) is 80.1 Å². The van der Waals surface area contributed by atoms with Crippen LogP contribution in [0.1, 0.15) is 29.7 Å². The summed E-state index contributed by atoms with van der Waals surface area (Å²) in [6, 6.07) is 12.9. The summed E-state index contributed by atoms with van der Waals surface area (Å²) in [5.74, 6) is 0.0459. The lowest BCUT2D eigenvalue weighted by molar-refractivity contribution is -0.130. The van der Waals surface area contributed by atoms with Gasteiger partial charge in [-0.15, -0.1) is 12.4 Å². The summed E-state index contributed by atoms with van der Waals surface area (Å²) in [6.45, 7) is 6.09. The molecular weight excluding hydrogens is 540 g/mol. The fraction of sp³-hybridized carbons (Fsp3) is 0.370. The molecule has 5 rings (SSSR count). The highest BCUT2D eigenvalue weighted by atomic mass is 35.5. The molecule has 0 bridgehead atoms. The molecule has 0 spiro atoms. The molecule has 2 aliphatic heterocycles. The minimum atomic E-state index is -0.611. The standard InChI is InChI=1S/C25H24N6O3.C2H6OS.ClH/c1-16(32)31-8-6-30(7-9-31)10-11-34-18-3-4-19-22(13-18)27-15-28-24(19)23-20-12-17(14-26)2-5-21(20)29-25(23)33;1-4(2)3;/h2-5,12-13,15,23H,6-11H2,1H3,(H,29,33);1-2H3;1H. The molecule has 2 aliphatic rings. The second-order valence-corrected chi connectivity index (χ2v) is 10.7. The molecule has 2 amide bonds. The third kappa shape index (κ3) is 7.29. The molecule has 0 aliphatic carbocycles. The minimum Gasteiger partial charge on any atom is -0.492 e. The van der Waals surface area contributed by atoms with Crippen LogP contribution in [-0.4, -0.2) is 87.6 Å². The summed E-state index contributed by atoms with van der Waals surface area (Å²) in [4.78, 5) is 37.2. The van der Waals surface area contributed by atoms with Gasteiger partial charge >= 0.3 is 0 Å². The number of benzene rings is 2. The smallest absolute Gasteiger partial charge is 0.238 e. The Hall–Kier alpha value is -3.59. The first kappa shape index (κ1) is 30.0. The van der Waals surface area contributed by atoms with Crippen LogP contribution in [0, 0.1) is 11.3 Å². The summed E-state index contributed by atoms with van der Waals surface area (Å²) in [5, 5.41) is 12.9. The van der Waals surface area contributed by atoms with Gasteiger partial charge in [-0.2, -0.15) is 5.26 Å². The molecule has 10 nitrogen and oxygen atoms in total. The maximum atomic E-state index is 12.8. The number of nitrogens with zero attached hydrogens (tertiary/aromatic N) is 5. The van der Waals surface area contributed by atoms with Gasteiger partial charge in [0.2, 0.25) is 11.8 Å². The summed E-state index contributed by atoms with van der Waals surface area (Å²) >= 11 is 0. The number of anilines is 1. The average molecular weight is 571 g/mol. The predicted octanol–water partition coefficient (Wildman–Crippen LogP) is 2.54. The van der Waals surface area contributed by atoms with Crippen LogP contribution in [0.15, 0.2) is 42.7 Å². The fourth-order valence-corrected chi connectivity index (χ4v) is 4.56. The van der Waals surface area contributed by atoms with Crippen LogP contribution in [0.2, 0.25) is 0 Å². The number of halogens is 1. The van der Waals surface area contributed by atoms with Crippen LogP contribution >= 0.6 is 12.4 Å². The van der Waals surface area contributed by atoms with E-state index in [4.69, 9.17) is 4.74 Å². The number of amides is 2. The van der Waals surface area contributed by atoms with Crippen molar-refractivity contribution >= 4 is 51.6 Å². The second-order valence-electron chi connectivity index (χ2n) is 9.21. The Morgan fingerprint density at radius 1 is 1.15 bits per heavy atom. The number of nitriles is 1. The van der Waals surface area contributed by atoms with Crippen molar-refractivity contribution in [3.8, 4) is 11.8 Å². The van der Waals surface area contributed by atoms with Crippen molar-refractivity contribution in [2.45, 2.75) is 12.8 Å². The molecule has 1 aromatic heterocycles. The molecule has 206 valence electrons. The predicted molar refractivity (Wildman–Crippen MR) is 153 cm³/mol. The molecule has 12 heteroatoms. The van der Waals surface area contributed by atoms with Gasteiger partial charge in [0.25, 0.3) is 0 Å². The fourth-order valence-electron chi connectivity index (χ4n) is 4.56. The van der Waals surface area contributed by atoms with Gasteiger partial charge in [-0.05, 0) is 35.9 Å². The van der Waals surface area contributed by atoms with Crippen molar-refractivity contribution in [2.75, 3.05) is 57.2 Å². The number of hydrogen-bond donors (Lipinski definition) is 1. The highest BCUT2D eigenvalue weighted by Crippen LogP contribution is 2.39. The average Bonchev–Trinajstić information content (AvgIpc) is 3.22. The highest BCUT2D eigenvalue weighted by molar-refractivity contribution is 7.83. The van der Waals surface area contributed by atoms with Crippen LogP contribution in [0.4, 0.5) is 5.69 Å². The summed E-state index contributed by atoms with van der Waals surface area (Å²) in [6.07, 6.45) is 4.73. The molecule has 1 saturated heterocycles. The van der Waals surface area contributed by atoms with Crippen molar-refractivity contribution in [2.24, 2.45) is 0 Å². The normalized spacial score (nSPS) is 16.4. The Kier molecular flexibility index (Phi) is 10.3. The van der Waals surface area contributed by atoms with E-state index < -0.39 is 16.7 Å². The van der Waals surface area contributed by atoms with E-state index in [9.17, 15) is 19.1 Å². The Labute approximate surface area is 236 Å². The quantitative estimate of drug-likeness (QED) is 0.495. The molecule has 2 aromatic carbocycles. The number of carbonyl (C=O) groups excluding carboxylic acids is 2. The van der Waals surface area contributed by atoms with Gasteiger partial charge in [0.05, 0.1) is 22.8 Å². The van der Waals surface area contributed by atoms with E-state index in [2.05, 4.69) is 26.3 Å². The van der Waals surface area contributed by atoms with E-state index in [0.29, 0.717) is 34.8 Å². The lowest BCUT2D eigenvalue weighted by Gasteiger charge is -2.34. The first-order valence-electron chi connectivity index (χ1n) is 12.2. The van der Waals surface area contributed by atoms with Crippen molar-refractivity contribution in [3.05, 3.63) is 59.5 Å². The van der Waals surface area contributed by atoms with Crippen molar-refractivity contribution in [1.82, 2.24) is 19.8 Å². The first-order chi connectivity index (χ1) is 18.3. The van der Waals surface area contributed by atoms with Gasteiger partial charge in [-0.1, -0.05) is 0 Å². The van der Waals surface area contributed by atoms with E-state index in [-0.39, 0.29) is 24.2 Å². The second kappa shape index (κ2) is 13.5. The van der Waals surface area contributed by atoms with Gasteiger partial charge in [-0.3, -0.25) is 18.7 Å². The van der Waals surface area contributed by atoms with E-state index >= 15 is 0 Å². The van der Waals surface area contributed by atoms with E-state index in [1.165, 1.54) is 6.33 Å². The van der Waals surface area contributed by atoms with Crippen LogP contribution in [0.5, 0.6) is 5.75 Å². The number of hydrogen-bond acceptors (Lipinski definition) is 8. The Bertz CT molecular complexity index is 1420. The molecule has 3 aromatic rings. The Balaban J connectivity index is 0.000000788. The van der Waals surface area contributed by atoms with Gasteiger partial charge in [0.1, 0.15) is 24.6 Å². The molecule has 1 N–H and O–H groups in total. The number of ether oxygens (including phenoxy) is 1. The van der Waals surface area contributed by atoms with Gasteiger partial charge in [-0.25, -0.2) is 9.97 Å². The number of aromatic nitrogens is 2. The summed E-state index contributed by atoms with van der Waals surface area (Å²) in [7, 11) is -0.611. The van der Waals surface area contributed by atoms with Crippen molar-refractivity contribution in [3.63, 3.8) is 0 Å². The molecule has 1 atom stereocenters. The third-order valence-electron chi connectivity index (χ3n) is 6.42. The molecule has 3 heterocycles. The number of fused-ring (bicyclic) bond motifs is 2. The number of carbonyl (C=O) groups is 2. The molecule has 39 heavy (non-hydrogen) atoms. The zero-order valence-electron chi connectivity index (χ0n) is 22.0. The molecule has 1 fully saturated rings. The molecular formula is C27H31ClN6O4S. The van der Waals surface area contributed by atoms with Crippen LogP contribution in [-0.2, 0) is 20.4 Å². The van der Waals surface area contributed by atoms with Crippen LogP contribution < -0.4 is 10.1 Å². The van der Waals surface area contributed by atoms with Gasteiger partial charge in [0.15, 0.2) is 0 Å². The monoisotopic (exact) mass is 570 g/mol.